The van der Waals surface area contributed by atoms with Gasteiger partial charge in [-0.05, 0) is 43.2 Å². The zero-order chi connectivity index (χ0) is 20.7. The smallest absolute Gasteiger partial charge is 0.264 e. The van der Waals surface area contributed by atoms with Gasteiger partial charge in [0.2, 0.25) is 0 Å². The number of unbranched alkanes of at least 4 members (excludes halogenated alkanes) is 2. The third-order valence-electron chi connectivity index (χ3n) is 4.60. The van der Waals surface area contributed by atoms with Crippen LogP contribution in [-0.2, 0) is 10.0 Å². The van der Waals surface area contributed by atoms with Gasteiger partial charge in [-0.2, -0.15) is 0 Å². The highest BCUT2D eigenvalue weighted by Gasteiger charge is 2.25. The number of carbonyl (C=O) groups is 1. The summed E-state index contributed by atoms with van der Waals surface area (Å²) in [4.78, 5) is 12.6. The Hall–Kier alpha value is -2.54. The van der Waals surface area contributed by atoms with Crippen LogP contribution in [0.3, 0.4) is 0 Å². The Kier molecular flexibility index (Phi) is 7.45. The van der Waals surface area contributed by atoms with E-state index in [1.807, 2.05) is 0 Å². The maximum atomic E-state index is 13.1. The normalized spacial score (nSPS) is 11.1. The van der Waals surface area contributed by atoms with Crippen molar-refractivity contribution in [2.24, 2.45) is 0 Å². The first-order valence-corrected chi connectivity index (χ1v) is 10.8. The molecular formula is C21H28N2O4S. The quantitative estimate of drug-likeness (QED) is 0.646. The van der Waals surface area contributed by atoms with Crippen LogP contribution in [0.5, 0.6) is 5.75 Å². The van der Waals surface area contributed by atoms with Crippen LogP contribution in [0.1, 0.15) is 42.1 Å². The number of hydrogen-bond donors (Lipinski definition) is 1. The first kappa shape index (κ1) is 21.8. The predicted molar refractivity (Wildman–Crippen MR) is 112 cm³/mol. The van der Waals surface area contributed by atoms with Crippen molar-refractivity contribution in [3.05, 3.63) is 53.6 Å². The molecule has 0 aromatic heterocycles. The largest absolute Gasteiger partial charge is 0.495 e. The summed E-state index contributed by atoms with van der Waals surface area (Å²) in [6, 6.07) is 11.5. The standard InChI is InChI=1S/C21H28N2O4S/c1-5-6-9-14-22-21(24)18-15-17(13-12-16(18)2)28(25,26)23(3)19-10-7-8-11-20(19)27-4/h7-8,10-13,15H,5-6,9,14H2,1-4H3,(H,22,24). The molecule has 0 bridgehead atoms. The number of sulfonamides is 1. The summed E-state index contributed by atoms with van der Waals surface area (Å²) in [6.45, 7) is 4.46. The second kappa shape index (κ2) is 9.59. The molecule has 2 rings (SSSR count). The van der Waals surface area contributed by atoms with Crippen LogP contribution in [0.2, 0.25) is 0 Å². The minimum atomic E-state index is -3.85. The van der Waals surface area contributed by atoms with Crippen LogP contribution in [0.4, 0.5) is 5.69 Å². The van der Waals surface area contributed by atoms with E-state index >= 15 is 0 Å². The van der Waals surface area contributed by atoms with E-state index in [0.29, 0.717) is 23.5 Å². The van der Waals surface area contributed by atoms with Crippen molar-refractivity contribution < 1.29 is 17.9 Å². The van der Waals surface area contributed by atoms with Crippen LogP contribution in [0.25, 0.3) is 0 Å². The molecule has 152 valence electrons. The predicted octanol–water partition coefficient (Wildman–Crippen LogP) is 3.75. The van der Waals surface area contributed by atoms with Crippen molar-refractivity contribution in [1.82, 2.24) is 5.32 Å². The number of methoxy groups -OCH3 is 1. The van der Waals surface area contributed by atoms with Gasteiger partial charge in [0.1, 0.15) is 5.75 Å². The lowest BCUT2D eigenvalue weighted by atomic mass is 10.1. The highest BCUT2D eigenvalue weighted by atomic mass is 32.2. The van der Waals surface area contributed by atoms with E-state index in [2.05, 4.69) is 12.2 Å². The maximum Gasteiger partial charge on any atom is 0.264 e. The molecule has 7 heteroatoms. The second-order valence-corrected chi connectivity index (χ2v) is 8.55. The lowest BCUT2D eigenvalue weighted by Crippen LogP contribution is -2.28. The van der Waals surface area contributed by atoms with Crippen LogP contribution in [-0.4, -0.2) is 35.0 Å². The number of nitrogens with one attached hydrogen (secondary N) is 1. The van der Waals surface area contributed by atoms with Crippen molar-refractivity contribution in [2.75, 3.05) is 25.0 Å². The van der Waals surface area contributed by atoms with Gasteiger partial charge in [-0.15, -0.1) is 0 Å². The summed E-state index contributed by atoms with van der Waals surface area (Å²) >= 11 is 0. The fourth-order valence-corrected chi connectivity index (χ4v) is 4.09. The fourth-order valence-electron chi connectivity index (χ4n) is 2.86. The highest BCUT2D eigenvalue weighted by molar-refractivity contribution is 7.92. The number of amides is 1. The number of ether oxygens (including phenoxy) is 1. The zero-order valence-corrected chi connectivity index (χ0v) is 17.7. The molecule has 0 atom stereocenters. The number of anilines is 1. The van der Waals surface area contributed by atoms with Gasteiger partial charge in [-0.3, -0.25) is 9.10 Å². The summed E-state index contributed by atoms with van der Waals surface area (Å²) in [6.07, 6.45) is 3.01. The lowest BCUT2D eigenvalue weighted by Gasteiger charge is -2.22. The van der Waals surface area contributed by atoms with Gasteiger partial charge in [0.25, 0.3) is 15.9 Å². The Morgan fingerprint density at radius 3 is 2.54 bits per heavy atom. The molecule has 0 saturated heterocycles. The molecule has 1 N–H and O–H groups in total. The van der Waals surface area contributed by atoms with E-state index in [0.717, 1.165) is 24.8 Å². The second-order valence-electron chi connectivity index (χ2n) is 6.58. The first-order chi connectivity index (χ1) is 13.3. The summed E-state index contributed by atoms with van der Waals surface area (Å²) in [7, 11) is -0.891. The van der Waals surface area contributed by atoms with E-state index < -0.39 is 10.0 Å². The van der Waals surface area contributed by atoms with E-state index in [1.165, 1.54) is 30.6 Å². The SMILES string of the molecule is CCCCCNC(=O)c1cc(S(=O)(=O)N(C)c2ccccc2OC)ccc1C. The van der Waals surface area contributed by atoms with E-state index in [1.54, 1.807) is 37.3 Å². The highest BCUT2D eigenvalue weighted by Crippen LogP contribution is 2.31. The molecule has 28 heavy (non-hydrogen) atoms. The maximum absolute atomic E-state index is 13.1. The van der Waals surface area contributed by atoms with Gasteiger partial charge >= 0.3 is 0 Å². The minimum Gasteiger partial charge on any atom is -0.495 e. The Morgan fingerprint density at radius 2 is 1.86 bits per heavy atom. The molecule has 2 aromatic rings. The molecule has 0 saturated carbocycles. The van der Waals surface area contributed by atoms with Crippen molar-refractivity contribution in [2.45, 2.75) is 38.0 Å². The Labute approximate surface area is 167 Å². The van der Waals surface area contributed by atoms with Crippen LogP contribution < -0.4 is 14.4 Å². The summed E-state index contributed by atoms with van der Waals surface area (Å²) in [5.74, 6) is 0.195. The Balaban J connectivity index is 2.32. The number of nitrogens with zero attached hydrogens (tertiary/aromatic N) is 1. The van der Waals surface area contributed by atoms with E-state index in [9.17, 15) is 13.2 Å². The molecule has 0 aliphatic heterocycles. The summed E-state index contributed by atoms with van der Waals surface area (Å²) < 4.78 is 32.7. The molecule has 0 aliphatic carbocycles. The van der Waals surface area contributed by atoms with Gasteiger partial charge in [-0.1, -0.05) is 38.0 Å². The molecule has 0 heterocycles. The molecule has 6 nitrogen and oxygen atoms in total. The zero-order valence-electron chi connectivity index (χ0n) is 16.9. The third kappa shape index (κ3) is 4.84. The molecule has 2 aromatic carbocycles. The summed E-state index contributed by atoms with van der Waals surface area (Å²) in [5, 5.41) is 2.87. The molecular weight excluding hydrogens is 376 g/mol. The van der Waals surface area contributed by atoms with Crippen LogP contribution in [0.15, 0.2) is 47.4 Å². The van der Waals surface area contributed by atoms with Gasteiger partial charge in [0.05, 0.1) is 17.7 Å². The average molecular weight is 405 g/mol. The van der Waals surface area contributed by atoms with Crippen molar-refractivity contribution >= 4 is 21.6 Å². The van der Waals surface area contributed by atoms with Gasteiger partial charge in [0, 0.05) is 19.2 Å². The molecule has 0 spiro atoms. The molecule has 0 radical (unpaired) electrons. The van der Waals surface area contributed by atoms with Crippen LogP contribution in [0, 0.1) is 6.92 Å². The van der Waals surface area contributed by atoms with Gasteiger partial charge in [0.15, 0.2) is 0 Å². The molecule has 0 fully saturated rings. The lowest BCUT2D eigenvalue weighted by molar-refractivity contribution is 0.0952. The van der Waals surface area contributed by atoms with Crippen molar-refractivity contribution in [3.8, 4) is 5.75 Å². The monoisotopic (exact) mass is 404 g/mol. The number of para-hydroxylation sites is 2. The first-order valence-electron chi connectivity index (χ1n) is 9.33. The number of carbonyl (C=O) groups excluding carboxylic acids is 1. The molecule has 0 unspecified atom stereocenters. The van der Waals surface area contributed by atoms with E-state index in [4.69, 9.17) is 4.74 Å². The fraction of sp³-hybridized carbons (Fsp3) is 0.381. The average Bonchev–Trinajstić information content (AvgIpc) is 2.70. The van der Waals surface area contributed by atoms with Crippen molar-refractivity contribution in [1.29, 1.82) is 0 Å². The number of hydrogen-bond acceptors (Lipinski definition) is 4. The van der Waals surface area contributed by atoms with E-state index in [-0.39, 0.29) is 10.8 Å². The Morgan fingerprint density at radius 1 is 1.14 bits per heavy atom. The third-order valence-corrected chi connectivity index (χ3v) is 6.37. The number of rotatable bonds is 9. The van der Waals surface area contributed by atoms with Crippen molar-refractivity contribution in [3.63, 3.8) is 0 Å². The van der Waals surface area contributed by atoms with Crippen LogP contribution >= 0.6 is 0 Å². The summed E-state index contributed by atoms with van der Waals surface area (Å²) in [5.41, 5.74) is 1.52. The van der Waals surface area contributed by atoms with Gasteiger partial charge in [-0.25, -0.2) is 8.42 Å². The topological polar surface area (TPSA) is 75.7 Å². The number of aryl methyl sites for hydroxylation is 1. The molecule has 0 aliphatic rings. The Bertz CT molecular complexity index is 926. The van der Waals surface area contributed by atoms with Gasteiger partial charge < -0.3 is 10.1 Å². The molecule has 1 amide bonds. The number of benzene rings is 2. The minimum absolute atomic E-state index is 0.0604.